The second kappa shape index (κ2) is 15.0. The summed E-state index contributed by atoms with van der Waals surface area (Å²) in [5, 5.41) is 2.28. The van der Waals surface area contributed by atoms with Crippen LogP contribution in [0.25, 0.3) is 106 Å². The van der Waals surface area contributed by atoms with Gasteiger partial charge in [0.15, 0.2) is 11.6 Å². The van der Waals surface area contributed by atoms with Crippen LogP contribution in [0.5, 0.6) is 0 Å². The fourth-order valence-corrected chi connectivity index (χ4v) is 11.2. The summed E-state index contributed by atoms with van der Waals surface area (Å²) in [6.07, 6.45) is 0. The molecule has 12 aromatic rings. The van der Waals surface area contributed by atoms with E-state index in [-0.39, 0.29) is 0 Å². The van der Waals surface area contributed by atoms with E-state index in [1.807, 2.05) is 12.1 Å². The van der Waals surface area contributed by atoms with Crippen molar-refractivity contribution in [1.82, 2.24) is 19.5 Å². The molecule has 4 nitrogen and oxygen atoms in total. The van der Waals surface area contributed by atoms with Gasteiger partial charge in [-0.2, -0.15) is 9.97 Å². The molecule has 14 rings (SSSR count). The van der Waals surface area contributed by atoms with Gasteiger partial charge in [-0.15, -0.1) is 0 Å². The Morgan fingerprint density at radius 2 is 0.647 bits per heavy atom. The number of benzene rings is 10. The number of fused-ring (bicyclic) bond motifs is 13. The van der Waals surface area contributed by atoms with Crippen molar-refractivity contribution in [3.63, 3.8) is 0 Å². The molecule has 316 valence electrons. The molecule has 1 spiro atoms. The topological polar surface area (TPSA) is 43.6 Å². The average Bonchev–Trinajstić information content (AvgIpc) is 4.02. The highest BCUT2D eigenvalue weighted by atomic mass is 15.2. The lowest BCUT2D eigenvalue weighted by molar-refractivity contribution is 0.794. The first kappa shape index (κ1) is 38.3. The molecule has 2 heterocycles. The van der Waals surface area contributed by atoms with Gasteiger partial charge in [-0.1, -0.05) is 218 Å². The van der Waals surface area contributed by atoms with E-state index in [2.05, 4.69) is 235 Å². The number of hydrogen-bond donors (Lipinski definition) is 0. The van der Waals surface area contributed by atoms with E-state index in [4.69, 9.17) is 15.0 Å². The van der Waals surface area contributed by atoms with Crippen molar-refractivity contribution in [2.75, 3.05) is 0 Å². The first-order valence-electron chi connectivity index (χ1n) is 23.3. The summed E-state index contributed by atoms with van der Waals surface area (Å²) in [5.41, 5.74) is 20.6. The molecule has 0 radical (unpaired) electrons. The third-order valence-corrected chi connectivity index (χ3v) is 14.3. The number of aromatic nitrogens is 4. The fraction of sp³-hybridized carbons (Fsp3) is 0.0156. The standard InChI is InChI=1S/C64H40N4/c1-4-16-41(17-5-1)44-28-32-46(33-29-44)61-65-62(47-34-30-45(31-35-47)42-18-6-2-7-19-42)67-63(66-61)68-59-37-36-48(43-20-8-3-9-21-43)38-53(59)54-39-52-51-24-12-15-27-57(51)64(58(52)40-60(54)68)55-25-13-10-22-49(55)50-23-11-14-26-56(50)64/h1-40H. The van der Waals surface area contributed by atoms with Crippen LogP contribution in [0, 0.1) is 0 Å². The summed E-state index contributed by atoms with van der Waals surface area (Å²) in [6.45, 7) is 0. The van der Waals surface area contributed by atoms with E-state index in [1.54, 1.807) is 0 Å². The smallest absolute Gasteiger partial charge is 0.238 e. The minimum atomic E-state index is -0.514. The Morgan fingerprint density at radius 1 is 0.265 bits per heavy atom. The van der Waals surface area contributed by atoms with E-state index >= 15 is 0 Å². The van der Waals surface area contributed by atoms with Gasteiger partial charge in [0.05, 0.1) is 16.4 Å². The van der Waals surface area contributed by atoms with Crippen molar-refractivity contribution in [1.29, 1.82) is 0 Å². The van der Waals surface area contributed by atoms with Crippen LogP contribution in [0.2, 0.25) is 0 Å². The second-order valence-corrected chi connectivity index (χ2v) is 17.9. The molecular weight excluding hydrogens is 825 g/mol. The number of hydrogen-bond acceptors (Lipinski definition) is 3. The SMILES string of the molecule is c1ccc(-c2ccc(-c3nc(-c4ccc(-c5ccccc5)cc4)nc(-n4c5ccc(-c6ccccc6)cc5c5cc6c(cc54)C4(c5ccccc5-c5ccccc54)c4ccccc4-6)n3)cc2)cc1. The minimum absolute atomic E-state index is 0.514. The van der Waals surface area contributed by atoms with E-state index in [0.29, 0.717) is 17.6 Å². The molecule has 0 bridgehead atoms. The highest BCUT2D eigenvalue weighted by molar-refractivity contribution is 6.13. The van der Waals surface area contributed by atoms with Gasteiger partial charge in [0.2, 0.25) is 5.95 Å². The van der Waals surface area contributed by atoms with Crippen molar-refractivity contribution in [2.45, 2.75) is 5.41 Å². The summed E-state index contributed by atoms with van der Waals surface area (Å²) in [4.78, 5) is 16.2. The third kappa shape index (κ3) is 5.71. The zero-order valence-corrected chi connectivity index (χ0v) is 36.9. The highest BCUT2D eigenvalue weighted by Crippen LogP contribution is 2.63. The highest BCUT2D eigenvalue weighted by Gasteiger charge is 2.51. The second-order valence-electron chi connectivity index (χ2n) is 17.9. The first-order valence-corrected chi connectivity index (χ1v) is 23.3. The predicted octanol–water partition coefficient (Wildman–Crippen LogP) is 15.6. The summed E-state index contributed by atoms with van der Waals surface area (Å²) >= 11 is 0. The first-order chi connectivity index (χ1) is 33.7. The van der Waals surface area contributed by atoms with Crippen LogP contribution in [0.3, 0.4) is 0 Å². The summed E-state index contributed by atoms with van der Waals surface area (Å²) in [7, 11) is 0. The molecular formula is C64H40N4. The molecule has 10 aromatic carbocycles. The quantitative estimate of drug-likeness (QED) is 0.167. The molecule has 0 aliphatic heterocycles. The van der Waals surface area contributed by atoms with Crippen LogP contribution in [0.15, 0.2) is 243 Å². The molecule has 0 fully saturated rings. The molecule has 2 aromatic heterocycles. The van der Waals surface area contributed by atoms with E-state index in [9.17, 15) is 0 Å². The molecule has 0 amide bonds. The Hall–Kier alpha value is -8.99. The van der Waals surface area contributed by atoms with Gasteiger partial charge in [-0.3, -0.25) is 4.57 Å². The van der Waals surface area contributed by atoms with Crippen molar-refractivity contribution >= 4 is 21.8 Å². The molecule has 4 heteroatoms. The van der Waals surface area contributed by atoms with Gasteiger partial charge in [0, 0.05) is 21.9 Å². The molecule has 0 N–H and O–H groups in total. The molecule has 0 unspecified atom stereocenters. The zero-order chi connectivity index (χ0) is 44.8. The molecule has 0 atom stereocenters. The van der Waals surface area contributed by atoms with Gasteiger partial charge in [-0.05, 0) is 102 Å². The Labute approximate surface area is 394 Å². The molecule has 0 saturated heterocycles. The molecule has 2 aliphatic rings. The maximum Gasteiger partial charge on any atom is 0.238 e. The van der Waals surface area contributed by atoms with E-state index in [0.717, 1.165) is 60.8 Å². The average molecular weight is 865 g/mol. The lowest BCUT2D eigenvalue weighted by atomic mass is 9.70. The monoisotopic (exact) mass is 864 g/mol. The normalized spacial score (nSPS) is 12.8. The largest absolute Gasteiger partial charge is 0.278 e. The Kier molecular flexibility index (Phi) is 8.46. The van der Waals surface area contributed by atoms with Gasteiger partial charge in [0.25, 0.3) is 0 Å². The fourth-order valence-electron chi connectivity index (χ4n) is 11.2. The predicted molar refractivity (Wildman–Crippen MR) is 278 cm³/mol. The van der Waals surface area contributed by atoms with Crippen LogP contribution in [-0.2, 0) is 5.41 Å². The molecule has 0 saturated carbocycles. The van der Waals surface area contributed by atoms with Crippen molar-refractivity contribution in [3.8, 4) is 84.4 Å². The number of rotatable bonds is 6. The lowest BCUT2D eigenvalue weighted by Gasteiger charge is -2.30. The summed E-state index contributed by atoms with van der Waals surface area (Å²) < 4.78 is 2.29. The third-order valence-electron chi connectivity index (χ3n) is 14.3. The van der Waals surface area contributed by atoms with Gasteiger partial charge in [-0.25, -0.2) is 4.98 Å². The maximum absolute atomic E-state index is 5.45. The summed E-state index contributed by atoms with van der Waals surface area (Å²) in [5.74, 6) is 1.78. The van der Waals surface area contributed by atoms with Gasteiger partial charge < -0.3 is 0 Å². The van der Waals surface area contributed by atoms with Crippen molar-refractivity contribution in [3.05, 3.63) is 265 Å². The van der Waals surface area contributed by atoms with Gasteiger partial charge in [0.1, 0.15) is 0 Å². The van der Waals surface area contributed by atoms with E-state index in [1.165, 1.54) is 50.1 Å². The molecule has 68 heavy (non-hydrogen) atoms. The van der Waals surface area contributed by atoms with Gasteiger partial charge >= 0.3 is 0 Å². The van der Waals surface area contributed by atoms with Crippen LogP contribution >= 0.6 is 0 Å². The summed E-state index contributed by atoms with van der Waals surface area (Å²) in [6, 6.07) is 87.5. The zero-order valence-electron chi connectivity index (χ0n) is 36.9. The van der Waals surface area contributed by atoms with Crippen LogP contribution in [0.1, 0.15) is 22.3 Å². The Balaban J connectivity index is 1.05. The van der Waals surface area contributed by atoms with Crippen LogP contribution in [0.4, 0.5) is 0 Å². The minimum Gasteiger partial charge on any atom is -0.278 e. The van der Waals surface area contributed by atoms with Crippen LogP contribution < -0.4 is 0 Å². The van der Waals surface area contributed by atoms with Crippen molar-refractivity contribution in [2.24, 2.45) is 0 Å². The van der Waals surface area contributed by atoms with Crippen LogP contribution in [-0.4, -0.2) is 19.5 Å². The number of nitrogens with zero attached hydrogens (tertiary/aromatic N) is 4. The lowest BCUT2D eigenvalue weighted by Crippen LogP contribution is -2.25. The van der Waals surface area contributed by atoms with E-state index < -0.39 is 5.41 Å². The Bertz CT molecular complexity index is 3780. The molecule has 2 aliphatic carbocycles. The van der Waals surface area contributed by atoms with Crippen molar-refractivity contribution < 1.29 is 0 Å². The Morgan fingerprint density at radius 3 is 1.15 bits per heavy atom. The maximum atomic E-state index is 5.45.